The summed E-state index contributed by atoms with van der Waals surface area (Å²) < 4.78 is 29.3. The Hall–Kier alpha value is -4.14. The second kappa shape index (κ2) is 14.4. The number of halogens is 1. The minimum absolute atomic E-state index is 0.0391. The largest absolute Gasteiger partial charge is 0.355 e. The second-order valence-electron chi connectivity index (χ2n) is 10.3. The molecule has 0 aliphatic heterocycles. The van der Waals surface area contributed by atoms with Gasteiger partial charge in [0.2, 0.25) is 11.8 Å². The van der Waals surface area contributed by atoms with E-state index in [2.05, 4.69) is 5.32 Å². The third kappa shape index (κ3) is 7.83. The summed E-state index contributed by atoms with van der Waals surface area (Å²) in [5.41, 5.74) is 3.61. The molecule has 0 saturated heterocycles. The van der Waals surface area contributed by atoms with Gasteiger partial charge in [0.05, 0.1) is 10.6 Å². The lowest BCUT2D eigenvalue weighted by Gasteiger charge is -2.34. The third-order valence-corrected chi connectivity index (χ3v) is 9.28. The Balaban J connectivity index is 1.83. The van der Waals surface area contributed by atoms with Gasteiger partial charge in [0.15, 0.2) is 0 Å². The van der Waals surface area contributed by atoms with Gasteiger partial charge in [-0.15, -0.1) is 0 Å². The molecule has 1 N–H and O–H groups in total. The molecular formula is C34H36ClN3O4S. The summed E-state index contributed by atoms with van der Waals surface area (Å²) in [6.07, 6.45) is 0.256. The lowest BCUT2D eigenvalue weighted by molar-refractivity contribution is -0.140. The predicted octanol–water partition coefficient (Wildman–Crippen LogP) is 5.93. The first-order chi connectivity index (χ1) is 20.6. The van der Waals surface area contributed by atoms with Crippen LogP contribution in [-0.4, -0.2) is 44.3 Å². The number of hydrogen-bond donors (Lipinski definition) is 1. The Morgan fingerprint density at radius 1 is 0.837 bits per heavy atom. The van der Waals surface area contributed by atoms with Gasteiger partial charge in [-0.1, -0.05) is 90.5 Å². The highest BCUT2D eigenvalue weighted by atomic mass is 35.5. The molecule has 0 radical (unpaired) electrons. The SMILES string of the molecule is CCNC(=O)[C@@H](Cc1ccccc1)N(Cc1ccccc1C)C(=O)CN(c1cc(Cl)ccc1C)S(=O)(=O)c1ccccc1. The molecule has 0 saturated carbocycles. The summed E-state index contributed by atoms with van der Waals surface area (Å²) in [7, 11) is -4.19. The lowest BCUT2D eigenvalue weighted by Crippen LogP contribution is -2.53. The van der Waals surface area contributed by atoms with Crippen molar-refractivity contribution in [1.29, 1.82) is 0 Å². The van der Waals surface area contributed by atoms with Crippen molar-refractivity contribution in [3.8, 4) is 0 Å². The minimum atomic E-state index is -4.19. The molecule has 0 bridgehead atoms. The van der Waals surface area contributed by atoms with E-state index >= 15 is 0 Å². The highest BCUT2D eigenvalue weighted by molar-refractivity contribution is 7.92. The van der Waals surface area contributed by atoms with Gasteiger partial charge in [0, 0.05) is 24.5 Å². The highest BCUT2D eigenvalue weighted by Crippen LogP contribution is 2.30. The van der Waals surface area contributed by atoms with Crippen LogP contribution in [0.4, 0.5) is 5.69 Å². The first kappa shape index (κ1) is 31.8. The van der Waals surface area contributed by atoms with E-state index in [-0.39, 0.29) is 29.5 Å². The van der Waals surface area contributed by atoms with Crippen LogP contribution in [0.1, 0.15) is 29.2 Å². The number of nitrogens with one attached hydrogen (secondary N) is 1. The predicted molar refractivity (Wildman–Crippen MR) is 172 cm³/mol. The molecule has 0 spiro atoms. The van der Waals surface area contributed by atoms with Gasteiger partial charge in [0.1, 0.15) is 12.6 Å². The molecule has 7 nitrogen and oxygen atoms in total. The molecule has 0 heterocycles. The summed E-state index contributed by atoms with van der Waals surface area (Å²) >= 11 is 6.33. The molecule has 0 aromatic heterocycles. The molecule has 0 aliphatic carbocycles. The smallest absolute Gasteiger partial charge is 0.264 e. The van der Waals surface area contributed by atoms with Crippen LogP contribution in [0.2, 0.25) is 5.02 Å². The fourth-order valence-corrected chi connectivity index (χ4v) is 6.56. The molecule has 0 fully saturated rings. The van der Waals surface area contributed by atoms with Crippen LogP contribution in [0.15, 0.2) is 108 Å². The number of aryl methyl sites for hydroxylation is 2. The monoisotopic (exact) mass is 617 g/mol. The van der Waals surface area contributed by atoms with Crippen molar-refractivity contribution in [2.24, 2.45) is 0 Å². The maximum Gasteiger partial charge on any atom is 0.264 e. The van der Waals surface area contributed by atoms with Crippen molar-refractivity contribution in [2.75, 3.05) is 17.4 Å². The molecule has 1 atom stereocenters. The van der Waals surface area contributed by atoms with Crippen molar-refractivity contribution in [3.63, 3.8) is 0 Å². The third-order valence-electron chi connectivity index (χ3n) is 7.27. The molecule has 4 aromatic rings. The molecule has 0 unspecified atom stereocenters. The Kier molecular flexibility index (Phi) is 10.6. The summed E-state index contributed by atoms with van der Waals surface area (Å²) in [6.45, 7) is 5.50. The first-order valence-corrected chi connectivity index (χ1v) is 15.9. The van der Waals surface area contributed by atoms with Gasteiger partial charge in [-0.05, 0) is 67.3 Å². The van der Waals surface area contributed by atoms with Crippen LogP contribution < -0.4 is 9.62 Å². The van der Waals surface area contributed by atoms with Crippen molar-refractivity contribution in [1.82, 2.24) is 10.2 Å². The van der Waals surface area contributed by atoms with E-state index in [1.165, 1.54) is 17.0 Å². The van der Waals surface area contributed by atoms with Crippen LogP contribution in [-0.2, 0) is 32.6 Å². The van der Waals surface area contributed by atoms with Crippen LogP contribution in [0, 0.1) is 13.8 Å². The Morgan fingerprint density at radius 2 is 1.47 bits per heavy atom. The number of hydrogen-bond acceptors (Lipinski definition) is 4. The zero-order valence-corrected chi connectivity index (χ0v) is 26.1. The Labute approximate surface area is 259 Å². The van der Waals surface area contributed by atoms with Gasteiger partial charge >= 0.3 is 0 Å². The molecular weight excluding hydrogens is 582 g/mol. The number of likely N-dealkylation sites (N-methyl/N-ethyl adjacent to an activating group) is 1. The molecule has 4 aromatic carbocycles. The second-order valence-corrected chi connectivity index (χ2v) is 12.6. The number of amides is 2. The van der Waals surface area contributed by atoms with Crippen LogP contribution in [0.25, 0.3) is 0 Å². The fourth-order valence-electron chi connectivity index (χ4n) is 4.90. The summed E-state index contributed by atoms with van der Waals surface area (Å²) in [6, 6.07) is 29.1. The zero-order chi connectivity index (χ0) is 31.0. The Bertz CT molecular complexity index is 1660. The van der Waals surface area contributed by atoms with E-state index in [4.69, 9.17) is 11.6 Å². The fraction of sp³-hybridized carbons (Fsp3) is 0.235. The van der Waals surface area contributed by atoms with Gasteiger partial charge < -0.3 is 10.2 Å². The van der Waals surface area contributed by atoms with Crippen molar-refractivity contribution in [3.05, 3.63) is 130 Å². The van der Waals surface area contributed by atoms with Gasteiger partial charge in [0.25, 0.3) is 10.0 Å². The topological polar surface area (TPSA) is 86.8 Å². The number of nitrogens with zero attached hydrogens (tertiary/aromatic N) is 2. The number of rotatable bonds is 12. The number of sulfonamides is 1. The van der Waals surface area contributed by atoms with Gasteiger partial charge in [-0.2, -0.15) is 0 Å². The lowest BCUT2D eigenvalue weighted by atomic mass is 10.0. The minimum Gasteiger partial charge on any atom is -0.355 e. The Morgan fingerprint density at radius 3 is 2.12 bits per heavy atom. The number of carbonyl (C=O) groups excluding carboxylic acids is 2. The summed E-state index contributed by atoms with van der Waals surface area (Å²) in [4.78, 5) is 29.6. The van der Waals surface area contributed by atoms with Crippen LogP contribution in [0.3, 0.4) is 0 Å². The van der Waals surface area contributed by atoms with E-state index in [1.807, 2.05) is 68.4 Å². The highest BCUT2D eigenvalue weighted by Gasteiger charge is 2.35. The first-order valence-electron chi connectivity index (χ1n) is 14.1. The molecule has 2 amide bonds. The van der Waals surface area contributed by atoms with Crippen LogP contribution in [0.5, 0.6) is 0 Å². The standard InChI is InChI=1S/C34H36ClN3O4S/c1-4-36-34(40)32(21-27-14-7-5-8-15-27)37(23-28-16-12-11-13-25(28)2)33(39)24-38(31-22-29(35)20-19-26(31)3)43(41,42)30-17-9-6-10-18-30/h5-20,22,32H,4,21,23-24H2,1-3H3,(H,36,40)/t32-/m1/s1. The number of anilines is 1. The van der Waals surface area contributed by atoms with E-state index in [0.29, 0.717) is 17.1 Å². The molecule has 0 aliphatic rings. The summed E-state index contributed by atoms with van der Waals surface area (Å²) in [5.74, 6) is -0.834. The maximum atomic E-state index is 14.5. The van der Waals surface area contributed by atoms with Crippen molar-refractivity contribution < 1.29 is 18.0 Å². The van der Waals surface area contributed by atoms with Gasteiger partial charge in [-0.25, -0.2) is 8.42 Å². The van der Waals surface area contributed by atoms with Crippen molar-refractivity contribution >= 4 is 39.1 Å². The molecule has 9 heteroatoms. The number of benzene rings is 4. The van der Waals surface area contributed by atoms with E-state index < -0.39 is 28.5 Å². The van der Waals surface area contributed by atoms with Crippen LogP contribution >= 0.6 is 11.6 Å². The van der Waals surface area contributed by atoms with E-state index in [1.54, 1.807) is 43.3 Å². The van der Waals surface area contributed by atoms with Crippen molar-refractivity contribution in [2.45, 2.75) is 44.7 Å². The van der Waals surface area contributed by atoms with E-state index in [0.717, 1.165) is 21.0 Å². The van der Waals surface area contributed by atoms with Gasteiger partial charge in [-0.3, -0.25) is 13.9 Å². The summed E-state index contributed by atoms with van der Waals surface area (Å²) in [5, 5.41) is 3.21. The molecule has 224 valence electrons. The molecule has 4 rings (SSSR count). The molecule has 43 heavy (non-hydrogen) atoms. The van der Waals surface area contributed by atoms with E-state index in [9.17, 15) is 18.0 Å². The average Bonchev–Trinajstić information content (AvgIpc) is 3.00. The maximum absolute atomic E-state index is 14.5. The quantitative estimate of drug-likeness (QED) is 0.214. The normalized spacial score (nSPS) is 11.9. The zero-order valence-electron chi connectivity index (χ0n) is 24.5. The number of carbonyl (C=O) groups is 2. The average molecular weight is 618 g/mol.